The largest absolute Gasteiger partial charge is 0.444 e. The summed E-state index contributed by atoms with van der Waals surface area (Å²) < 4.78 is 126. The lowest BCUT2D eigenvalue weighted by Gasteiger charge is -2.35. The summed E-state index contributed by atoms with van der Waals surface area (Å²) in [6.07, 6.45) is -21.4. The third-order valence-electron chi connectivity index (χ3n) is 6.19. The lowest BCUT2D eigenvalue weighted by molar-refractivity contribution is -0.308. The first-order valence-corrected chi connectivity index (χ1v) is 12.3. The fraction of sp³-hybridized carbons (Fsp3) is 0.600. The van der Waals surface area contributed by atoms with E-state index >= 15 is 0 Å². The number of carbonyl (C=O) groups is 2. The molecule has 0 radical (unpaired) electrons. The van der Waals surface area contributed by atoms with E-state index in [1.165, 1.54) is 11.0 Å². The third kappa shape index (κ3) is 8.66. The van der Waals surface area contributed by atoms with Crippen LogP contribution in [0.2, 0.25) is 0 Å². The minimum absolute atomic E-state index is 0.00134. The summed E-state index contributed by atoms with van der Waals surface area (Å²) in [6.45, 7) is 4.63. The van der Waals surface area contributed by atoms with Gasteiger partial charge in [-0.3, -0.25) is 4.90 Å². The van der Waals surface area contributed by atoms with Crippen molar-refractivity contribution < 1.29 is 58.6 Å². The second-order valence-electron chi connectivity index (χ2n) is 10.6. The normalized spacial score (nSPS) is 17.6. The van der Waals surface area contributed by atoms with Crippen LogP contribution in [0.4, 0.5) is 49.1 Å². The lowest BCUT2D eigenvalue weighted by atomic mass is 9.96. The van der Waals surface area contributed by atoms with Crippen LogP contribution in [0, 0.1) is 0 Å². The molecule has 0 bridgehead atoms. The molecule has 41 heavy (non-hydrogen) atoms. The van der Waals surface area contributed by atoms with Crippen molar-refractivity contribution >= 4 is 17.8 Å². The van der Waals surface area contributed by atoms with Gasteiger partial charge in [0.05, 0.1) is 5.56 Å². The minimum Gasteiger partial charge on any atom is -0.444 e. The summed E-state index contributed by atoms with van der Waals surface area (Å²) in [7, 11) is 0. The number of halogens is 9. The van der Waals surface area contributed by atoms with Crippen LogP contribution in [0.15, 0.2) is 24.3 Å². The van der Waals surface area contributed by atoms with Gasteiger partial charge in [-0.15, -0.1) is 0 Å². The number of nitrogens with zero attached hydrogens (tertiary/aromatic N) is 3. The Labute approximate surface area is 229 Å². The molecule has 2 aliphatic heterocycles. The first-order chi connectivity index (χ1) is 18.6. The molecule has 0 atom stereocenters. The van der Waals surface area contributed by atoms with E-state index in [4.69, 9.17) is 4.74 Å². The molecule has 2 amide bonds. The summed E-state index contributed by atoms with van der Waals surface area (Å²) >= 11 is 0. The van der Waals surface area contributed by atoms with Crippen LogP contribution in [0.3, 0.4) is 0 Å². The number of amides is 2. The highest BCUT2D eigenvalue weighted by atomic mass is 19.4. The van der Waals surface area contributed by atoms with Gasteiger partial charge in [0.2, 0.25) is 0 Å². The quantitative estimate of drug-likeness (QED) is 0.389. The van der Waals surface area contributed by atoms with Crippen LogP contribution >= 0.6 is 0 Å². The number of hydrogen-bond acceptors (Lipinski definition) is 5. The highest BCUT2D eigenvalue weighted by Gasteiger charge is 2.60. The Morgan fingerprint density at radius 2 is 1.44 bits per heavy atom. The van der Waals surface area contributed by atoms with Crippen molar-refractivity contribution in [3.05, 3.63) is 41.0 Å². The number of carbonyl (C=O) groups excluding carboxylic acids is 2. The number of ether oxygens (including phenoxy) is 2. The van der Waals surface area contributed by atoms with Gasteiger partial charge in [-0.05, 0) is 49.6 Å². The average Bonchev–Trinajstić information content (AvgIpc) is 3.30. The fourth-order valence-corrected chi connectivity index (χ4v) is 4.23. The maximum absolute atomic E-state index is 13.5. The van der Waals surface area contributed by atoms with Gasteiger partial charge in [0.15, 0.2) is 0 Å². The van der Waals surface area contributed by atoms with Crippen molar-refractivity contribution in [3.8, 4) is 0 Å². The van der Waals surface area contributed by atoms with Crippen LogP contribution in [-0.2, 0) is 22.2 Å². The Hall–Kier alpha value is -3.17. The van der Waals surface area contributed by atoms with Crippen molar-refractivity contribution in [3.63, 3.8) is 0 Å². The molecule has 7 nitrogen and oxygen atoms in total. The Kier molecular flexibility index (Phi) is 9.16. The first-order valence-electron chi connectivity index (χ1n) is 12.3. The second-order valence-corrected chi connectivity index (χ2v) is 10.6. The summed E-state index contributed by atoms with van der Waals surface area (Å²) in [5, 5.41) is 0. The first kappa shape index (κ1) is 32.3. The van der Waals surface area contributed by atoms with Gasteiger partial charge in [-0.25, -0.2) is 9.59 Å². The molecule has 1 aromatic carbocycles. The van der Waals surface area contributed by atoms with Crippen molar-refractivity contribution in [2.75, 3.05) is 39.3 Å². The average molecular weight is 605 g/mol. The second kappa shape index (κ2) is 11.6. The minimum atomic E-state index is -5.84. The van der Waals surface area contributed by atoms with Crippen molar-refractivity contribution in [1.82, 2.24) is 14.7 Å². The molecule has 2 heterocycles. The maximum atomic E-state index is 13.5. The van der Waals surface area contributed by atoms with Crippen LogP contribution in [-0.4, -0.2) is 90.2 Å². The molecular weight excluding hydrogens is 577 g/mol. The van der Waals surface area contributed by atoms with Crippen molar-refractivity contribution in [2.45, 2.75) is 57.5 Å². The third-order valence-corrected chi connectivity index (χ3v) is 6.19. The molecule has 3 rings (SSSR count). The molecule has 0 N–H and O–H groups in total. The molecule has 230 valence electrons. The zero-order chi connectivity index (χ0) is 31.0. The molecular formula is C25H28F9N3O4. The number of alkyl halides is 9. The van der Waals surface area contributed by atoms with E-state index in [0.29, 0.717) is 16.0 Å². The molecule has 1 fully saturated rings. The molecule has 0 aliphatic carbocycles. The molecule has 0 unspecified atom stereocenters. The maximum Gasteiger partial charge on any atom is 0.434 e. The zero-order valence-corrected chi connectivity index (χ0v) is 22.2. The van der Waals surface area contributed by atoms with E-state index in [2.05, 4.69) is 4.74 Å². The van der Waals surface area contributed by atoms with Crippen molar-refractivity contribution in [1.29, 1.82) is 0 Å². The molecule has 0 saturated carbocycles. The molecule has 1 saturated heterocycles. The van der Waals surface area contributed by atoms with E-state index in [1.807, 2.05) is 0 Å². The number of rotatable bonds is 4. The van der Waals surface area contributed by atoms with Crippen LogP contribution in [0.1, 0.15) is 37.5 Å². The van der Waals surface area contributed by atoms with Crippen LogP contribution in [0.5, 0.6) is 0 Å². The van der Waals surface area contributed by atoms with E-state index in [1.54, 1.807) is 31.7 Å². The topological polar surface area (TPSA) is 62.3 Å². The van der Waals surface area contributed by atoms with Crippen LogP contribution in [0.25, 0.3) is 5.57 Å². The highest BCUT2D eigenvalue weighted by Crippen LogP contribution is 2.37. The number of hydrogen-bond donors (Lipinski definition) is 0. The Morgan fingerprint density at radius 1 is 0.854 bits per heavy atom. The van der Waals surface area contributed by atoms with Gasteiger partial charge in [0, 0.05) is 45.8 Å². The van der Waals surface area contributed by atoms with E-state index in [9.17, 15) is 49.1 Å². The molecule has 2 aliphatic rings. The standard InChI is InChI=1S/C25H28F9N3O4/c1-22(2,3)41-21(39)37-7-6-16(14-37)18-12-17(23(26,27)28)5-4-15(18)13-35-8-10-36(11-9-35)20(38)40-19(24(29,30)31)25(32,33)34/h4-6,12,19H,7-11,13-14H2,1-3H3. The summed E-state index contributed by atoms with van der Waals surface area (Å²) in [5.41, 5.74) is -0.573. The van der Waals surface area contributed by atoms with Gasteiger partial charge >= 0.3 is 30.7 Å². The van der Waals surface area contributed by atoms with Crippen molar-refractivity contribution in [2.24, 2.45) is 0 Å². The Balaban J connectivity index is 1.71. The molecule has 0 aromatic heterocycles. The monoisotopic (exact) mass is 605 g/mol. The predicted octanol–water partition coefficient (Wildman–Crippen LogP) is 6.09. The van der Waals surface area contributed by atoms with Gasteiger partial charge in [0.1, 0.15) is 5.60 Å². The molecule has 1 aromatic rings. The molecule has 16 heteroatoms. The zero-order valence-electron chi connectivity index (χ0n) is 22.2. The number of benzene rings is 1. The van der Waals surface area contributed by atoms with E-state index < -0.39 is 48.0 Å². The van der Waals surface area contributed by atoms with Gasteiger partial charge in [-0.1, -0.05) is 12.1 Å². The van der Waals surface area contributed by atoms with E-state index in [0.717, 1.165) is 12.1 Å². The van der Waals surface area contributed by atoms with Gasteiger partial charge in [-0.2, -0.15) is 39.5 Å². The van der Waals surface area contributed by atoms with Crippen LogP contribution < -0.4 is 0 Å². The van der Waals surface area contributed by atoms with Gasteiger partial charge in [0.25, 0.3) is 6.10 Å². The number of piperazine rings is 1. The molecule has 0 spiro atoms. The smallest absolute Gasteiger partial charge is 0.434 e. The Morgan fingerprint density at radius 3 is 1.95 bits per heavy atom. The SMILES string of the molecule is CC(C)(C)OC(=O)N1CC=C(c2cc(C(F)(F)F)ccc2CN2CCN(C(=O)OC(C(F)(F)F)C(F)(F)F)CC2)C1. The summed E-state index contributed by atoms with van der Waals surface area (Å²) in [6, 6.07) is 3.12. The Bertz CT molecular complexity index is 1130. The summed E-state index contributed by atoms with van der Waals surface area (Å²) in [4.78, 5) is 28.2. The highest BCUT2D eigenvalue weighted by molar-refractivity contribution is 5.79. The van der Waals surface area contributed by atoms with Gasteiger partial charge < -0.3 is 19.3 Å². The summed E-state index contributed by atoms with van der Waals surface area (Å²) in [5.74, 6) is 0. The predicted molar refractivity (Wildman–Crippen MR) is 126 cm³/mol. The fourth-order valence-electron chi connectivity index (χ4n) is 4.23. The van der Waals surface area contributed by atoms with E-state index in [-0.39, 0.29) is 51.4 Å². The lowest BCUT2D eigenvalue weighted by Crippen LogP contribution is -2.52.